The van der Waals surface area contributed by atoms with Crippen molar-refractivity contribution < 1.29 is 0 Å². The van der Waals surface area contributed by atoms with Crippen molar-refractivity contribution in [2.45, 2.75) is 13.5 Å². The van der Waals surface area contributed by atoms with Crippen molar-refractivity contribution in [1.29, 1.82) is 0 Å². The summed E-state index contributed by atoms with van der Waals surface area (Å²) in [5, 5.41) is 3.39. The molecule has 0 bridgehead atoms. The zero-order chi connectivity index (χ0) is 10.5. The van der Waals surface area contributed by atoms with Crippen LogP contribution in [0, 0.1) is 6.92 Å². The van der Waals surface area contributed by atoms with E-state index in [-0.39, 0.29) is 18.9 Å². The molecule has 78 valence electrons. The van der Waals surface area contributed by atoms with Gasteiger partial charge in [0.25, 0.3) is 0 Å². The first-order valence-corrected chi connectivity index (χ1v) is 5.19. The van der Waals surface area contributed by atoms with Gasteiger partial charge in [-0.1, -0.05) is 48.0 Å². The quantitative estimate of drug-likeness (QED) is 0.759. The average Bonchev–Trinajstić information content (AvgIpc) is 2.30. The molecule has 16 heavy (non-hydrogen) atoms. The van der Waals surface area contributed by atoms with Crippen LogP contribution < -0.4 is 5.32 Å². The first-order valence-electron chi connectivity index (χ1n) is 5.19. The fraction of sp³-hybridized carbons (Fsp3) is 0.143. The Morgan fingerprint density at radius 3 is 2.12 bits per heavy atom. The molecule has 0 atom stereocenters. The summed E-state index contributed by atoms with van der Waals surface area (Å²) in [6, 6.07) is 18.9. The summed E-state index contributed by atoms with van der Waals surface area (Å²) >= 11 is 0. The molecule has 2 heteroatoms. The van der Waals surface area contributed by atoms with Gasteiger partial charge >= 0.3 is 18.9 Å². The van der Waals surface area contributed by atoms with Gasteiger partial charge in [-0.15, -0.1) is 0 Å². The molecule has 0 aliphatic carbocycles. The Kier molecular flexibility index (Phi) is 5.18. The van der Waals surface area contributed by atoms with Gasteiger partial charge in [0.2, 0.25) is 0 Å². The average molecular weight is 205 g/mol. The number of benzene rings is 2. The van der Waals surface area contributed by atoms with Crippen molar-refractivity contribution in [3.63, 3.8) is 0 Å². The number of anilines is 1. The molecule has 0 unspecified atom stereocenters. The zero-order valence-electron chi connectivity index (χ0n) is 8.90. The van der Waals surface area contributed by atoms with E-state index in [9.17, 15) is 0 Å². The second kappa shape index (κ2) is 6.43. The Labute approximate surface area is 109 Å². The van der Waals surface area contributed by atoms with Crippen LogP contribution in [0.25, 0.3) is 0 Å². The SMILES string of the molecule is Cc1ccc(NCc2ccccc2)cc1.[LiH]. The van der Waals surface area contributed by atoms with Gasteiger partial charge in [-0.25, -0.2) is 0 Å². The maximum atomic E-state index is 3.39. The van der Waals surface area contributed by atoms with E-state index in [2.05, 4.69) is 60.8 Å². The molecule has 0 amide bonds. The van der Waals surface area contributed by atoms with Crippen molar-refractivity contribution >= 4 is 24.5 Å². The van der Waals surface area contributed by atoms with Crippen molar-refractivity contribution in [1.82, 2.24) is 0 Å². The van der Waals surface area contributed by atoms with Gasteiger partial charge in [0.1, 0.15) is 0 Å². The summed E-state index contributed by atoms with van der Waals surface area (Å²) in [5.41, 5.74) is 3.77. The summed E-state index contributed by atoms with van der Waals surface area (Å²) in [6.45, 7) is 2.98. The second-order valence-corrected chi connectivity index (χ2v) is 3.71. The van der Waals surface area contributed by atoms with E-state index in [0.717, 1.165) is 6.54 Å². The maximum absolute atomic E-state index is 3.39. The van der Waals surface area contributed by atoms with Gasteiger partial charge in [-0.3, -0.25) is 0 Å². The van der Waals surface area contributed by atoms with Crippen LogP contribution in [0.1, 0.15) is 11.1 Å². The molecule has 0 spiro atoms. The molecule has 0 heterocycles. The number of nitrogens with one attached hydrogen (secondary N) is 1. The van der Waals surface area contributed by atoms with E-state index in [1.165, 1.54) is 16.8 Å². The van der Waals surface area contributed by atoms with E-state index in [4.69, 9.17) is 0 Å². The summed E-state index contributed by atoms with van der Waals surface area (Å²) < 4.78 is 0. The molecule has 2 aromatic carbocycles. The van der Waals surface area contributed by atoms with Crippen LogP contribution in [0.4, 0.5) is 5.69 Å². The minimum absolute atomic E-state index is 0. The second-order valence-electron chi connectivity index (χ2n) is 3.71. The molecule has 0 aliphatic rings. The van der Waals surface area contributed by atoms with E-state index in [0.29, 0.717) is 0 Å². The molecule has 0 aliphatic heterocycles. The molecule has 1 N–H and O–H groups in total. The Hall–Kier alpha value is -1.16. The van der Waals surface area contributed by atoms with Crippen molar-refractivity contribution in [3.8, 4) is 0 Å². The zero-order valence-corrected chi connectivity index (χ0v) is 8.90. The Morgan fingerprint density at radius 1 is 0.875 bits per heavy atom. The van der Waals surface area contributed by atoms with Crippen LogP contribution in [0.5, 0.6) is 0 Å². The van der Waals surface area contributed by atoms with Gasteiger partial charge < -0.3 is 5.32 Å². The normalized spacial score (nSPS) is 9.31. The van der Waals surface area contributed by atoms with Gasteiger partial charge in [-0.05, 0) is 24.6 Å². The molecular weight excluding hydrogens is 189 g/mol. The van der Waals surface area contributed by atoms with Crippen molar-refractivity contribution in [2.75, 3.05) is 5.32 Å². The van der Waals surface area contributed by atoms with E-state index >= 15 is 0 Å². The molecule has 0 saturated carbocycles. The summed E-state index contributed by atoms with van der Waals surface area (Å²) in [5.74, 6) is 0. The third-order valence-electron chi connectivity index (χ3n) is 2.39. The molecule has 2 rings (SSSR count). The minimum atomic E-state index is 0. The molecule has 0 saturated heterocycles. The third kappa shape index (κ3) is 3.77. The molecule has 0 aromatic heterocycles. The number of hydrogen-bond donors (Lipinski definition) is 1. The fourth-order valence-electron chi connectivity index (χ4n) is 1.47. The molecular formula is C14H16LiN. The number of hydrogen-bond acceptors (Lipinski definition) is 1. The van der Waals surface area contributed by atoms with Crippen molar-refractivity contribution in [2.24, 2.45) is 0 Å². The molecule has 2 aromatic rings. The van der Waals surface area contributed by atoms with Crippen LogP contribution in [-0.4, -0.2) is 18.9 Å². The van der Waals surface area contributed by atoms with Crippen molar-refractivity contribution in [3.05, 3.63) is 65.7 Å². The summed E-state index contributed by atoms with van der Waals surface area (Å²) in [7, 11) is 0. The Balaban J connectivity index is 0.00000128. The van der Waals surface area contributed by atoms with Crippen LogP contribution in [0.3, 0.4) is 0 Å². The van der Waals surface area contributed by atoms with Crippen LogP contribution in [-0.2, 0) is 6.54 Å². The monoisotopic (exact) mass is 205 g/mol. The molecule has 1 nitrogen and oxygen atoms in total. The van der Waals surface area contributed by atoms with Gasteiger partial charge in [0.15, 0.2) is 0 Å². The predicted octanol–water partition coefficient (Wildman–Crippen LogP) is 2.96. The van der Waals surface area contributed by atoms with Gasteiger partial charge in [0, 0.05) is 12.2 Å². The molecule has 0 radical (unpaired) electrons. The summed E-state index contributed by atoms with van der Waals surface area (Å²) in [4.78, 5) is 0. The molecule has 0 fully saturated rings. The first kappa shape index (κ1) is 12.9. The Morgan fingerprint density at radius 2 is 1.50 bits per heavy atom. The fourth-order valence-corrected chi connectivity index (χ4v) is 1.47. The van der Waals surface area contributed by atoms with E-state index in [1.807, 2.05) is 6.07 Å². The summed E-state index contributed by atoms with van der Waals surface area (Å²) in [6.07, 6.45) is 0. The number of rotatable bonds is 3. The van der Waals surface area contributed by atoms with Crippen LogP contribution in [0.2, 0.25) is 0 Å². The Bertz CT molecular complexity index is 409. The van der Waals surface area contributed by atoms with Gasteiger partial charge in [0.05, 0.1) is 0 Å². The predicted molar refractivity (Wildman–Crippen MR) is 72.1 cm³/mol. The van der Waals surface area contributed by atoms with Gasteiger partial charge in [-0.2, -0.15) is 0 Å². The first-order chi connectivity index (χ1) is 7.34. The third-order valence-corrected chi connectivity index (χ3v) is 2.39. The van der Waals surface area contributed by atoms with Crippen LogP contribution in [0.15, 0.2) is 54.6 Å². The van der Waals surface area contributed by atoms with E-state index in [1.54, 1.807) is 0 Å². The van der Waals surface area contributed by atoms with Crippen LogP contribution >= 0.6 is 0 Å². The standard InChI is InChI=1S/C14H15N.Li.H/c1-12-7-9-14(10-8-12)15-11-13-5-3-2-4-6-13;;/h2-10,15H,11H2,1H3;;. The number of aryl methyl sites for hydroxylation is 1. The van der Waals surface area contributed by atoms with E-state index < -0.39 is 0 Å². The topological polar surface area (TPSA) is 12.0 Å².